The molecular formula is C11H22ClNO2S. The molecule has 5 heteroatoms. The van der Waals surface area contributed by atoms with Gasteiger partial charge < -0.3 is 0 Å². The Morgan fingerprint density at radius 2 is 1.94 bits per heavy atom. The van der Waals surface area contributed by atoms with Gasteiger partial charge in [-0.05, 0) is 26.3 Å². The summed E-state index contributed by atoms with van der Waals surface area (Å²) >= 11 is 5.61. The highest BCUT2D eigenvalue weighted by atomic mass is 35.5. The van der Waals surface area contributed by atoms with E-state index in [1.54, 1.807) is 0 Å². The predicted molar refractivity (Wildman–Crippen MR) is 68.9 cm³/mol. The van der Waals surface area contributed by atoms with Gasteiger partial charge in [-0.1, -0.05) is 12.8 Å². The van der Waals surface area contributed by atoms with Crippen LogP contribution >= 0.6 is 11.6 Å². The van der Waals surface area contributed by atoms with Crippen molar-refractivity contribution in [3.63, 3.8) is 0 Å². The molecule has 0 aromatic carbocycles. The highest BCUT2D eigenvalue weighted by Crippen LogP contribution is 2.13. The van der Waals surface area contributed by atoms with Gasteiger partial charge in [0.2, 0.25) is 0 Å². The maximum atomic E-state index is 11.4. The molecule has 1 aliphatic rings. The molecule has 0 aliphatic carbocycles. The fourth-order valence-corrected chi connectivity index (χ4v) is 3.94. The lowest BCUT2D eigenvalue weighted by Crippen LogP contribution is -2.47. The smallest absolute Gasteiger partial charge is 0.153 e. The van der Waals surface area contributed by atoms with Crippen molar-refractivity contribution in [3.8, 4) is 0 Å². The second-order valence-electron chi connectivity index (χ2n) is 4.60. The third-order valence-electron chi connectivity index (χ3n) is 3.14. The number of unbranched alkanes of at least 4 members (excludes halogenated alkanes) is 3. The van der Waals surface area contributed by atoms with Crippen LogP contribution < -0.4 is 0 Å². The summed E-state index contributed by atoms with van der Waals surface area (Å²) in [5, 5.41) is 0. The number of hydrogen-bond donors (Lipinski definition) is 0. The summed E-state index contributed by atoms with van der Waals surface area (Å²) in [6.45, 7) is 3.74. The number of sulfone groups is 1. The summed E-state index contributed by atoms with van der Waals surface area (Å²) in [6.07, 6.45) is 4.62. The van der Waals surface area contributed by atoms with Crippen LogP contribution in [0, 0.1) is 0 Å². The molecule has 1 aliphatic heterocycles. The summed E-state index contributed by atoms with van der Waals surface area (Å²) < 4.78 is 22.8. The van der Waals surface area contributed by atoms with Crippen molar-refractivity contribution >= 4 is 21.4 Å². The quantitative estimate of drug-likeness (QED) is 0.545. The number of nitrogens with zero attached hydrogens (tertiary/aromatic N) is 1. The van der Waals surface area contributed by atoms with Crippen molar-refractivity contribution in [2.45, 2.75) is 38.6 Å². The van der Waals surface area contributed by atoms with Crippen molar-refractivity contribution in [1.82, 2.24) is 4.90 Å². The van der Waals surface area contributed by atoms with E-state index in [0.717, 1.165) is 25.3 Å². The molecule has 1 saturated heterocycles. The van der Waals surface area contributed by atoms with E-state index in [0.29, 0.717) is 18.1 Å². The van der Waals surface area contributed by atoms with Gasteiger partial charge in [0.1, 0.15) is 0 Å². The van der Waals surface area contributed by atoms with Crippen LogP contribution in [-0.2, 0) is 9.84 Å². The molecule has 0 aromatic rings. The van der Waals surface area contributed by atoms with E-state index in [4.69, 9.17) is 11.6 Å². The summed E-state index contributed by atoms with van der Waals surface area (Å²) in [6, 6.07) is 0.187. The van der Waals surface area contributed by atoms with Crippen LogP contribution in [0.15, 0.2) is 0 Å². The standard InChI is InChI=1S/C11H22ClNO2S/c1-11-10-16(14,15)9-8-13(11)7-5-3-2-4-6-12/h11H,2-10H2,1H3. The van der Waals surface area contributed by atoms with Gasteiger partial charge >= 0.3 is 0 Å². The molecule has 0 bridgehead atoms. The molecule has 16 heavy (non-hydrogen) atoms. The van der Waals surface area contributed by atoms with Gasteiger partial charge in [-0.25, -0.2) is 8.42 Å². The Balaban J connectivity index is 2.18. The van der Waals surface area contributed by atoms with Crippen molar-refractivity contribution in [2.24, 2.45) is 0 Å². The van der Waals surface area contributed by atoms with Crippen LogP contribution in [0.25, 0.3) is 0 Å². The van der Waals surface area contributed by atoms with Gasteiger partial charge in [0.05, 0.1) is 11.5 Å². The molecule has 0 N–H and O–H groups in total. The van der Waals surface area contributed by atoms with E-state index in [1.165, 1.54) is 12.8 Å². The molecule has 0 radical (unpaired) electrons. The van der Waals surface area contributed by atoms with Crippen molar-refractivity contribution in [2.75, 3.05) is 30.5 Å². The average Bonchev–Trinajstić information content (AvgIpc) is 2.20. The van der Waals surface area contributed by atoms with Gasteiger partial charge in [0, 0.05) is 18.5 Å². The lowest BCUT2D eigenvalue weighted by atomic mass is 10.2. The monoisotopic (exact) mass is 267 g/mol. The van der Waals surface area contributed by atoms with Crippen molar-refractivity contribution in [3.05, 3.63) is 0 Å². The highest BCUT2D eigenvalue weighted by molar-refractivity contribution is 7.91. The average molecular weight is 268 g/mol. The first kappa shape index (κ1) is 14.3. The summed E-state index contributed by atoms with van der Waals surface area (Å²) in [5.74, 6) is 1.41. The van der Waals surface area contributed by atoms with Crippen molar-refractivity contribution in [1.29, 1.82) is 0 Å². The third kappa shape index (κ3) is 5.02. The van der Waals surface area contributed by atoms with Crippen LogP contribution in [0.4, 0.5) is 0 Å². The number of hydrogen-bond acceptors (Lipinski definition) is 3. The minimum absolute atomic E-state index is 0.187. The molecule has 0 spiro atoms. The molecule has 1 atom stereocenters. The Morgan fingerprint density at radius 3 is 2.56 bits per heavy atom. The molecule has 0 amide bonds. The Labute approximate surface area is 104 Å². The van der Waals surface area contributed by atoms with Gasteiger partial charge in [0.25, 0.3) is 0 Å². The van der Waals surface area contributed by atoms with Crippen LogP contribution in [0.3, 0.4) is 0 Å². The van der Waals surface area contributed by atoms with Gasteiger partial charge in [-0.3, -0.25) is 4.90 Å². The number of halogens is 1. The largest absolute Gasteiger partial charge is 0.299 e. The lowest BCUT2D eigenvalue weighted by molar-refractivity contribution is 0.222. The van der Waals surface area contributed by atoms with Crippen molar-refractivity contribution < 1.29 is 8.42 Å². The predicted octanol–water partition coefficient (Wildman–Crippen LogP) is 1.90. The minimum atomic E-state index is -2.76. The van der Waals surface area contributed by atoms with E-state index >= 15 is 0 Å². The Morgan fingerprint density at radius 1 is 1.25 bits per heavy atom. The van der Waals surface area contributed by atoms with Gasteiger partial charge in [-0.2, -0.15) is 0 Å². The summed E-state index contributed by atoms with van der Waals surface area (Å²) in [7, 11) is -2.76. The molecular weight excluding hydrogens is 246 g/mol. The topological polar surface area (TPSA) is 37.4 Å². The van der Waals surface area contributed by atoms with E-state index in [1.807, 2.05) is 6.92 Å². The SMILES string of the molecule is CC1CS(=O)(=O)CCN1CCCCCCCl. The van der Waals surface area contributed by atoms with Crippen LogP contribution in [-0.4, -0.2) is 49.8 Å². The zero-order valence-electron chi connectivity index (χ0n) is 9.99. The fraction of sp³-hybridized carbons (Fsp3) is 1.00. The molecule has 1 fully saturated rings. The molecule has 0 saturated carbocycles. The molecule has 96 valence electrons. The highest BCUT2D eigenvalue weighted by Gasteiger charge is 2.27. The van der Waals surface area contributed by atoms with Crippen LogP contribution in [0.5, 0.6) is 0 Å². The van der Waals surface area contributed by atoms with E-state index < -0.39 is 9.84 Å². The second kappa shape index (κ2) is 6.82. The Bertz CT molecular complexity index is 292. The first-order valence-corrected chi connectivity index (χ1v) is 8.41. The molecule has 3 nitrogen and oxygen atoms in total. The van der Waals surface area contributed by atoms with E-state index in [9.17, 15) is 8.42 Å². The molecule has 1 rings (SSSR count). The fourth-order valence-electron chi connectivity index (χ4n) is 2.13. The van der Waals surface area contributed by atoms with Gasteiger partial charge in [-0.15, -0.1) is 11.6 Å². The lowest BCUT2D eigenvalue weighted by Gasteiger charge is -2.33. The molecule has 1 unspecified atom stereocenters. The number of rotatable bonds is 6. The van der Waals surface area contributed by atoms with Gasteiger partial charge in [0.15, 0.2) is 9.84 Å². The maximum Gasteiger partial charge on any atom is 0.153 e. The first-order chi connectivity index (χ1) is 7.55. The summed E-state index contributed by atoms with van der Waals surface area (Å²) in [4.78, 5) is 2.29. The summed E-state index contributed by atoms with van der Waals surface area (Å²) in [5.41, 5.74) is 0. The van der Waals surface area contributed by atoms with E-state index in [2.05, 4.69) is 4.90 Å². The second-order valence-corrected chi connectivity index (χ2v) is 7.21. The van der Waals surface area contributed by atoms with E-state index in [-0.39, 0.29) is 6.04 Å². The molecule has 1 heterocycles. The Kier molecular flexibility index (Phi) is 6.08. The normalized spacial score (nSPS) is 25.8. The minimum Gasteiger partial charge on any atom is -0.299 e. The number of alkyl halides is 1. The maximum absolute atomic E-state index is 11.4. The van der Waals surface area contributed by atoms with Crippen LogP contribution in [0.1, 0.15) is 32.6 Å². The zero-order valence-corrected chi connectivity index (χ0v) is 11.6. The van der Waals surface area contributed by atoms with Crippen LogP contribution in [0.2, 0.25) is 0 Å². The Hall–Kier alpha value is 0.200. The first-order valence-electron chi connectivity index (χ1n) is 6.05. The zero-order chi connectivity index (χ0) is 12.0. The molecule has 0 aromatic heterocycles. The third-order valence-corrected chi connectivity index (χ3v) is 5.20.